The molecule has 8 aromatic rings. The van der Waals surface area contributed by atoms with Crippen LogP contribution in [0.25, 0.3) is 50.6 Å². The van der Waals surface area contributed by atoms with E-state index in [9.17, 15) is 5.11 Å². The first kappa shape index (κ1) is 35.1. The van der Waals surface area contributed by atoms with Crippen molar-refractivity contribution in [2.45, 2.75) is 51.4 Å². The van der Waals surface area contributed by atoms with E-state index in [1.54, 1.807) is 6.07 Å². The molecule has 0 saturated carbocycles. The SMILES string of the molecule is CC(C)c1cccc(C(C)C)c1-n1c(-c2[c-]c(-c3cc4c(c(-c5ccccc5O)n3)C3c5ccccc5C4c4ccccc43)ccc2)nc2ccccc21.[Pt]. The summed E-state index contributed by atoms with van der Waals surface area (Å²) < 4.78 is 2.36. The van der Waals surface area contributed by atoms with Gasteiger partial charge in [-0.25, -0.2) is 0 Å². The van der Waals surface area contributed by atoms with Crippen molar-refractivity contribution in [3.63, 3.8) is 0 Å². The smallest absolute Gasteiger partial charge is 0.124 e. The van der Waals surface area contributed by atoms with Gasteiger partial charge in [-0.15, -0.1) is 24.3 Å². The number of hydrogen-bond donors (Lipinski definition) is 1. The Kier molecular flexibility index (Phi) is 8.71. The van der Waals surface area contributed by atoms with Gasteiger partial charge in [0.1, 0.15) is 5.75 Å². The molecule has 0 fully saturated rings. The minimum atomic E-state index is 0. The third kappa shape index (κ3) is 5.45. The number of benzene rings is 6. The quantitative estimate of drug-likeness (QED) is 0.169. The fourth-order valence-corrected chi connectivity index (χ4v) is 9.14. The van der Waals surface area contributed by atoms with Crippen molar-refractivity contribution >= 4 is 11.0 Å². The molecule has 2 bridgehead atoms. The molecule has 4 nitrogen and oxygen atoms in total. The molecule has 0 spiro atoms. The van der Waals surface area contributed by atoms with Gasteiger partial charge in [-0.2, -0.15) is 0 Å². The molecule has 3 aliphatic carbocycles. The van der Waals surface area contributed by atoms with Crippen LogP contribution in [0.4, 0.5) is 0 Å². The summed E-state index contributed by atoms with van der Waals surface area (Å²) in [7, 11) is 0. The maximum absolute atomic E-state index is 11.4. The summed E-state index contributed by atoms with van der Waals surface area (Å²) >= 11 is 0. The second kappa shape index (κ2) is 13.6. The zero-order chi connectivity index (χ0) is 36.7. The number of aromatic hydroxyl groups is 1. The molecular weight excluding hydrogens is 854 g/mol. The average Bonchev–Trinajstić information content (AvgIpc) is 3.59. The summed E-state index contributed by atoms with van der Waals surface area (Å²) in [4.78, 5) is 10.8. The third-order valence-corrected chi connectivity index (χ3v) is 11.5. The maximum atomic E-state index is 11.4. The Labute approximate surface area is 336 Å². The topological polar surface area (TPSA) is 50.9 Å². The van der Waals surface area contributed by atoms with Crippen LogP contribution in [0.5, 0.6) is 5.75 Å². The van der Waals surface area contributed by atoms with E-state index < -0.39 is 0 Å². The molecule has 2 aromatic heterocycles. The van der Waals surface area contributed by atoms with Crippen molar-refractivity contribution in [3.05, 3.63) is 190 Å². The predicted octanol–water partition coefficient (Wildman–Crippen LogP) is 12.2. The second-order valence-electron chi connectivity index (χ2n) is 15.3. The first-order valence-electron chi connectivity index (χ1n) is 19.0. The second-order valence-corrected chi connectivity index (χ2v) is 15.3. The van der Waals surface area contributed by atoms with Gasteiger partial charge < -0.3 is 9.67 Å². The number of rotatable bonds is 6. The molecule has 272 valence electrons. The number of phenolic OH excluding ortho intramolecular Hbond substituents is 1. The molecule has 0 aliphatic heterocycles. The molecule has 11 rings (SSSR count). The number of aromatic nitrogens is 3. The van der Waals surface area contributed by atoms with Crippen molar-refractivity contribution in [2.75, 3.05) is 0 Å². The summed E-state index contributed by atoms with van der Waals surface area (Å²) in [5.74, 6) is 1.79. The Bertz CT molecular complexity index is 2700. The van der Waals surface area contributed by atoms with Gasteiger partial charge in [0.05, 0.1) is 22.6 Å². The van der Waals surface area contributed by atoms with Crippen LogP contribution in [-0.4, -0.2) is 19.6 Å². The largest absolute Gasteiger partial charge is 0.507 e. The third-order valence-electron chi connectivity index (χ3n) is 11.5. The van der Waals surface area contributed by atoms with Crippen LogP contribution in [0, 0.1) is 6.07 Å². The van der Waals surface area contributed by atoms with Gasteiger partial charge >= 0.3 is 0 Å². The fraction of sp³-hybridized carbons (Fsp3) is 0.160. The Morgan fingerprint density at radius 1 is 0.582 bits per heavy atom. The first-order chi connectivity index (χ1) is 26.4. The normalized spacial score (nSPS) is 15.2. The molecule has 0 atom stereocenters. The van der Waals surface area contributed by atoms with E-state index in [-0.39, 0.29) is 38.7 Å². The molecule has 6 aromatic carbocycles. The van der Waals surface area contributed by atoms with Crippen molar-refractivity contribution in [2.24, 2.45) is 0 Å². The van der Waals surface area contributed by atoms with Crippen LogP contribution in [-0.2, 0) is 21.1 Å². The molecule has 3 aliphatic rings. The zero-order valence-corrected chi connectivity index (χ0v) is 33.5. The molecule has 0 radical (unpaired) electrons. The van der Waals surface area contributed by atoms with E-state index in [2.05, 4.69) is 154 Å². The Balaban J connectivity index is 0.00000397. The van der Waals surface area contributed by atoms with Gasteiger partial charge in [0.15, 0.2) is 0 Å². The number of imidazole rings is 1. The monoisotopic (exact) mass is 893 g/mol. The summed E-state index contributed by atoms with van der Waals surface area (Å²) in [6.07, 6.45) is 0. The van der Waals surface area contributed by atoms with E-state index in [1.807, 2.05) is 18.2 Å². The fourth-order valence-electron chi connectivity index (χ4n) is 9.14. The van der Waals surface area contributed by atoms with Gasteiger partial charge in [0.2, 0.25) is 0 Å². The Morgan fingerprint density at radius 3 is 1.80 bits per heavy atom. The van der Waals surface area contributed by atoms with Crippen LogP contribution in [0.1, 0.15) is 95.9 Å². The standard InChI is InChI=1S/C50H40N3O.Pt/c1-29(2)33-22-14-23-34(30(3)4)49(33)53-43-25-11-10-24-41(43)52-50(53)32-16-13-15-31(27-32)42-28-40-45-35-17-5-7-19-37(35)46(38-20-8-6-18-36(38)45)47(40)48(51-42)39-21-9-12-26-44(39)54;/h5-26,28-30,45-46,54H,1-4H3;/q-1;. The molecule has 0 unspecified atom stereocenters. The minimum Gasteiger partial charge on any atom is -0.507 e. The predicted molar refractivity (Wildman–Crippen MR) is 219 cm³/mol. The van der Waals surface area contributed by atoms with Crippen molar-refractivity contribution in [3.8, 4) is 45.3 Å². The number of hydrogen-bond acceptors (Lipinski definition) is 3. The minimum absolute atomic E-state index is 0. The molecule has 0 amide bonds. The summed E-state index contributed by atoms with van der Waals surface area (Å²) in [5, 5.41) is 11.4. The van der Waals surface area contributed by atoms with Crippen LogP contribution >= 0.6 is 0 Å². The van der Waals surface area contributed by atoms with Crippen LogP contribution in [0.15, 0.2) is 140 Å². The first-order valence-corrected chi connectivity index (χ1v) is 19.0. The summed E-state index contributed by atoms with van der Waals surface area (Å²) in [6.45, 7) is 9.06. The van der Waals surface area contributed by atoms with Gasteiger partial charge in [0, 0.05) is 49.8 Å². The molecule has 2 heterocycles. The zero-order valence-electron chi connectivity index (χ0n) is 31.2. The van der Waals surface area contributed by atoms with Crippen LogP contribution in [0.2, 0.25) is 0 Å². The maximum Gasteiger partial charge on any atom is 0.124 e. The van der Waals surface area contributed by atoms with Crippen LogP contribution in [0.3, 0.4) is 0 Å². The average molecular weight is 894 g/mol. The Morgan fingerprint density at radius 2 is 1.15 bits per heavy atom. The van der Waals surface area contributed by atoms with E-state index in [0.717, 1.165) is 44.9 Å². The van der Waals surface area contributed by atoms with Crippen molar-refractivity contribution < 1.29 is 26.2 Å². The summed E-state index contributed by atoms with van der Waals surface area (Å²) in [5.41, 5.74) is 17.7. The Hall–Kier alpha value is -5.57. The molecule has 5 heteroatoms. The number of para-hydroxylation sites is 4. The molecular formula is C50H40N3OPt-. The number of phenols is 1. The number of nitrogens with zero attached hydrogens (tertiary/aromatic N) is 3. The van der Waals surface area contributed by atoms with Gasteiger partial charge in [0.25, 0.3) is 0 Å². The van der Waals surface area contributed by atoms with Gasteiger partial charge in [-0.1, -0.05) is 136 Å². The van der Waals surface area contributed by atoms with Gasteiger partial charge in [-0.3, -0.25) is 9.97 Å². The van der Waals surface area contributed by atoms with Crippen molar-refractivity contribution in [1.82, 2.24) is 14.5 Å². The number of pyridine rings is 1. The van der Waals surface area contributed by atoms with E-state index in [4.69, 9.17) is 9.97 Å². The molecule has 1 N–H and O–H groups in total. The molecule has 55 heavy (non-hydrogen) atoms. The summed E-state index contributed by atoms with van der Waals surface area (Å²) in [6, 6.07) is 52.8. The van der Waals surface area contributed by atoms with Crippen LogP contribution < -0.4 is 0 Å². The number of fused-ring (bicyclic) bond motifs is 1. The van der Waals surface area contributed by atoms with Gasteiger partial charge in [-0.05, 0) is 80.6 Å². The van der Waals surface area contributed by atoms with E-state index in [0.29, 0.717) is 11.8 Å². The van der Waals surface area contributed by atoms with E-state index in [1.165, 1.54) is 50.2 Å². The molecule has 0 saturated heterocycles. The van der Waals surface area contributed by atoms with Crippen molar-refractivity contribution in [1.29, 1.82) is 0 Å². The van der Waals surface area contributed by atoms with E-state index >= 15 is 0 Å².